The molecule has 0 spiro atoms. The highest BCUT2D eigenvalue weighted by atomic mass is 16.5. The van der Waals surface area contributed by atoms with Crippen molar-refractivity contribution in [1.29, 1.82) is 0 Å². The number of nitrogens with zero attached hydrogens (tertiary/aromatic N) is 4. The van der Waals surface area contributed by atoms with Gasteiger partial charge in [-0.3, -0.25) is 4.79 Å². The number of likely N-dealkylation sites (tertiary alicyclic amines) is 1. The fourth-order valence-corrected chi connectivity index (χ4v) is 2.92. The lowest BCUT2D eigenvalue weighted by Gasteiger charge is -2.35. The minimum atomic E-state index is -0.0293. The van der Waals surface area contributed by atoms with Crippen molar-refractivity contribution >= 4 is 17.7 Å². The van der Waals surface area contributed by atoms with Crippen LogP contribution in [0.5, 0.6) is 0 Å². The molecule has 3 rings (SSSR count). The predicted molar refractivity (Wildman–Crippen MR) is 85.5 cm³/mol. The Morgan fingerprint density at radius 2 is 2.35 bits per heavy atom. The van der Waals surface area contributed by atoms with Crippen molar-refractivity contribution in [2.45, 2.75) is 45.6 Å². The Kier molecular flexibility index (Phi) is 4.55. The third-order valence-electron chi connectivity index (χ3n) is 4.10. The van der Waals surface area contributed by atoms with Crippen LogP contribution in [0.1, 0.15) is 48.9 Å². The fourth-order valence-electron chi connectivity index (χ4n) is 2.92. The van der Waals surface area contributed by atoms with Crippen LogP contribution in [0.15, 0.2) is 22.9 Å². The van der Waals surface area contributed by atoms with Gasteiger partial charge in [0.15, 0.2) is 5.82 Å². The van der Waals surface area contributed by atoms with E-state index in [0.717, 1.165) is 25.8 Å². The van der Waals surface area contributed by atoms with E-state index in [4.69, 9.17) is 4.52 Å². The highest BCUT2D eigenvalue weighted by Gasteiger charge is 2.27. The van der Waals surface area contributed by atoms with E-state index in [0.29, 0.717) is 29.3 Å². The third kappa shape index (κ3) is 3.49. The fraction of sp³-hybridized carbons (Fsp3) is 0.500. The Hall–Kier alpha value is -2.44. The van der Waals surface area contributed by atoms with Gasteiger partial charge >= 0.3 is 0 Å². The number of hydrogen-bond donors (Lipinski definition) is 1. The maximum absolute atomic E-state index is 12.8. The van der Waals surface area contributed by atoms with Crippen LogP contribution < -0.4 is 5.32 Å². The van der Waals surface area contributed by atoms with Gasteiger partial charge in [0.2, 0.25) is 5.95 Å². The number of carbonyl (C=O) groups excluding carboxylic acids is 1. The van der Waals surface area contributed by atoms with Crippen LogP contribution in [0.4, 0.5) is 11.8 Å². The third-order valence-corrected chi connectivity index (χ3v) is 4.10. The summed E-state index contributed by atoms with van der Waals surface area (Å²) in [6, 6.07) is 3.71. The summed E-state index contributed by atoms with van der Waals surface area (Å²) >= 11 is 0. The quantitative estimate of drug-likeness (QED) is 0.934. The molecule has 122 valence electrons. The monoisotopic (exact) mass is 315 g/mol. The second-order valence-electron chi connectivity index (χ2n) is 5.77. The molecule has 3 heterocycles. The molecule has 0 aliphatic carbocycles. The summed E-state index contributed by atoms with van der Waals surface area (Å²) in [5.74, 6) is 1.53. The summed E-state index contributed by atoms with van der Waals surface area (Å²) < 4.78 is 4.99. The average molecular weight is 315 g/mol. The van der Waals surface area contributed by atoms with Gasteiger partial charge in [-0.1, -0.05) is 12.1 Å². The molecule has 1 aliphatic heterocycles. The lowest BCUT2D eigenvalue weighted by Crippen LogP contribution is -2.43. The van der Waals surface area contributed by atoms with Gasteiger partial charge in [0.25, 0.3) is 5.91 Å². The SMILES string of the molecule is CCC1CCCCN1C(=O)c1ccnc(Nc2cc(C)on2)n1. The van der Waals surface area contributed by atoms with Crippen LogP contribution in [0.25, 0.3) is 0 Å². The molecule has 1 atom stereocenters. The Bertz CT molecular complexity index is 685. The maximum Gasteiger partial charge on any atom is 0.272 e. The molecule has 7 heteroatoms. The Morgan fingerprint density at radius 1 is 1.48 bits per heavy atom. The molecule has 0 aromatic carbocycles. The number of anilines is 2. The topological polar surface area (TPSA) is 84.2 Å². The normalized spacial score (nSPS) is 18.0. The van der Waals surface area contributed by atoms with Gasteiger partial charge in [-0.15, -0.1) is 0 Å². The van der Waals surface area contributed by atoms with E-state index in [1.807, 2.05) is 4.90 Å². The van der Waals surface area contributed by atoms with Crippen molar-refractivity contribution in [3.05, 3.63) is 29.8 Å². The molecule has 0 bridgehead atoms. The van der Waals surface area contributed by atoms with Gasteiger partial charge in [-0.2, -0.15) is 0 Å². The van der Waals surface area contributed by atoms with E-state index >= 15 is 0 Å². The van der Waals surface area contributed by atoms with Crippen LogP contribution >= 0.6 is 0 Å². The van der Waals surface area contributed by atoms with Gasteiger partial charge in [-0.25, -0.2) is 9.97 Å². The molecule has 0 saturated carbocycles. The first-order valence-electron chi connectivity index (χ1n) is 8.01. The number of aryl methyl sites for hydroxylation is 1. The Labute approximate surface area is 135 Å². The van der Waals surface area contributed by atoms with Crippen LogP contribution in [-0.2, 0) is 0 Å². The standard InChI is InChI=1S/C16H21N5O2/c1-3-12-6-4-5-9-21(12)15(22)13-7-8-17-16(18-13)19-14-10-11(2)23-20-14/h7-8,10,12H,3-6,9H2,1-2H3,(H,17,18,19,20). The molecule has 1 saturated heterocycles. The average Bonchev–Trinajstić information content (AvgIpc) is 2.99. The lowest BCUT2D eigenvalue weighted by atomic mass is 9.99. The molecule has 1 fully saturated rings. The first kappa shape index (κ1) is 15.5. The highest BCUT2D eigenvalue weighted by Crippen LogP contribution is 2.21. The zero-order valence-electron chi connectivity index (χ0n) is 13.5. The summed E-state index contributed by atoms with van der Waals surface area (Å²) in [6.45, 7) is 4.73. The van der Waals surface area contributed by atoms with Crippen molar-refractivity contribution in [1.82, 2.24) is 20.0 Å². The second kappa shape index (κ2) is 6.76. The van der Waals surface area contributed by atoms with Crippen LogP contribution in [-0.4, -0.2) is 38.5 Å². The number of rotatable bonds is 4. The van der Waals surface area contributed by atoms with Gasteiger partial charge < -0.3 is 14.7 Å². The molecule has 1 N–H and O–H groups in total. The summed E-state index contributed by atoms with van der Waals surface area (Å²) in [5.41, 5.74) is 0.406. The van der Waals surface area contributed by atoms with Crippen molar-refractivity contribution in [3.8, 4) is 0 Å². The summed E-state index contributed by atoms with van der Waals surface area (Å²) in [6.07, 6.45) is 5.86. The van der Waals surface area contributed by atoms with Crippen molar-refractivity contribution in [2.24, 2.45) is 0 Å². The number of amides is 1. The zero-order chi connectivity index (χ0) is 16.2. The summed E-state index contributed by atoms with van der Waals surface area (Å²) in [5, 5.41) is 6.79. The van der Waals surface area contributed by atoms with Crippen molar-refractivity contribution < 1.29 is 9.32 Å². The van der Waals surface area contributed by atoms with E-state index in [2.05, 4.69) is 27.4 Å². The molecule has 2 aromatic heterocycles. The van der Waals surface area contributed by atoms with E-state index in [9.17, 15) is 4.79 Å². The van der Waals surface area contributed by atoms with E-state index in [1.54, 1.807) is 25.3 Å². The molecule has 7 nitrogen and oxygen atoms in total. The van der Waals surface area contributed by atoms with E-state index in [-0.39, 0.29) is 5.91 Å². The van der Waals surface area contributed by atoms with Gasteiger partial charge in [0.1, 0.15) is 11.5 Å². The molecular formula is C16H21N5O2. The highest BCUT2D eigenvalue weighted by molar-refractivity contribution is 5.92. The van der Waals surface area contributed by atoms with Crippen LogP contribution in [0.2, 0.25) is 0 Å². The first-order valence-corrected chi connectivity index (χ1v) is 8.01. The summed E-state index contributed by atoms with van der Waals surface area (Å²) in [4.78, 5) is 23.2. The number of piperidine rings is 1. The molecular weight excluding hydrogens is 294 g/mol. The van der Waals surface area contributed by atoms with Gasteiger partial charge in [-0.05, 0) is 38.7 Å². The molecule has 1 unspecified atom stereocenters. The first-order chi connectivity index (χ1) is 11.2. The molecule has 1 aliphatic rings. The lowest BCUT2D eigenvalue weighted by molar-refractivity contribution is 0.0602. The maximum atomic E-state index is 12.8. The molecule has 1 amide bonds. The van der Waals surface area contributed by atoms with Crippen LogP contribution in [0, 0.1) is 6.92 Å². The number of aromatic nitrogens is 3. The van der Waals surface area contributed by atoms with E-state index < -0.39 is 0 Å². The Balaban J connectivity index is 1.77. The van der Waals surface area contributed by atoms with Crippen molar-refractivity contribution in [3.63, 3.8) is 0 Å². The molecule has 2 aromatic rings. The molecule has 0 radical (unpaired) electrons. The summed E-state index contributed by atoms with van der Waals surface area (Å²) in [7, 11) is 0. The number of carbonyl (C=O) groups is 1. The second-order valence-corrected chi connectivity index (χ2v) is 5.77. The van der Waals surface area contributed by atoms with Gasteiger partial charge in [0.05, 0.1) is 0 Å². The predicted octanol–water partition coefficient (Wildman–Crippen LogP) is 2.92. The minimum Gasteiger partial charge on any atom is -0.360 e. The zero-order valence-corrected chi connectivity index (χ0v) is 13.5. The van der Waals surface area contributed by atoms with E-state index in [1.165, 1.54) is 6.42 Å². The van der Waals surface area contributed by atoms with Crippen molar-refractivity contribution in [2.75, 3.05) is 11.9 Å². The minimum absolute atomic E-state index is 0.0293. The van der Waals surface area contributed by atoms with Gasteiger partial charge in [0, 0.05) is 24.8 Å². The smallest absolute Gasteiger partial charge is 0.272 e. The number of hydrogen-bond acceptors (Lipinski definition) is 6. The number of nitrogens with one attached hydrogen (secondary N) is 1. The van der Waals surface area contributed by atoms with Crippen LogP contribution in [0.3, 0.4) is 0 Å². The molecule has 23 heavy (non-hydrogen) atoms. The Morgan fingerprint density at radius 3 is 3.09 bits per heavy atom. The largest absolute Gasteiger partial charge is 0.360 e.